The number of aromatic nitrogens is 1. The van der Waals surface area contributed by atoms with Crippen LogP contribution in [0.1, 0.15) is 0 Å². The highest BCUT2D eigenvalue weighted by Crippen LogP contribution is 2.44. The Morgan fingerprint density at radius 2 is 1.31 bits per heavy atom. The van der Waals surface area contributed by atoms with Gasteiger partial charge in [0.05, 0.1) is 15.7 Å². The van der Waals surface area contributed by atoms with Crippen molar-refractivity contribution in [3.63, 3.8) is 0 Å². The molecule has 39 heavy (non-hydrogen) atoms. The van der Waals surface area contributed by atoms with E-state index in [-0.39, 0.29) is 0 Å². The summed E-state index contributed by atoms with van der Waals surface area (Å²) in [5.41, 5.74) is 7.92. The van der Waals surface area contributed by atoms with E-state index in [0.29, 0.717) is 0 Å². The summed E-state index contributed by atoms with van der Waals surface area (Å²) in [7, 11) is 0. The van der Waals surface area contributed by atoms with Gasteiger partial charge in [0.15, 0.2) is 0 Å². The van der Waals surface area contributed by atoms with Crippen LogP contribution in [0.15, 0.2) is 132 Å². The van der Waals surface area contributed by atoms with Gasteiger partial charge in [-0.2, -0.15) is 0 Å². The fourth-order valence-electron chi connectivity index (χ4n) is 6.22. The lowest BCUT2D eigenvalue weighted by atomic mass is 10.0. The lowest BCUT2D eigenvalue weighted by Crippen LogP contribution is -1.92. The van der Waals surface area contributed by atoms with Crippen molar-refractivity contribution < 1.29 is 4.42 Å². The average molecular weight is 516 g/mol. The Morgan fingerprint density at radius 1 is 0.538 bits per heavy atom. The number of nitrogens with zero attached hydrogens (tertiary/aromatic N) is 1. The number of hydrogen-bond donors (Lipinski definition) is 0. The molecule has 0 bridgehead atoms. The lowest BCUT2D eigenvalue weighted by molar-refractivity contribution is 0.669. The van der Waals surface area contributed by atoms with Gasteiger partial charge in [0, 0.05) is 31.9 Å². The fourth-order valence-corrected chi connectivity index (χ4v) is 7.42. The number of furan rings is 1. The number of fused-ring (bicyclic) bond motifs is 10. The van der Waals surface area contributed by atoms with E-state index in [1.165, 1.54) is 58.6 Å². The van der Waals surface area contributed by atoms with Crippen LogP contribution in [0.3, 0.4) is 0 Å². The van der Waals surface area contributed by atoms with Gasteiger partial charge < -0.3 is 8.98 Å². The maximum absolute atomic E-state index is 6.38. The minimum Gasteiger partial charge on any atom is -0.456 e. The largest absolute Gasteiger partial charge is 0.456 e. The first-order valence-electron chi connectivity index (χ1n) is 13.2. The number of thiophene rings is 1. The summed E-state index contributed by atoms with van der Waals surface area (Å²) in [4.78, 5) is 0. The molecule has 0 fully saturated rings. The molecular weight excluding hydrogens is 494 g/mol. The van der Waals surface area contributed by atoms with E-state index < -0.39 is 0 Å². The molecule has 0 unspecified atom stereocenters. The molecule has 0 spiro atoms. The smallest absolute Gasteiger partial charge is 0.136 e. The van der Waals surface area contributed by atoms with Crippen LogP contribution < -0.4 is 0 Å². The van der Waals surface area contributed by atoms with Crippen LogP contribution in [0.5, 0.6) is 0 Å². The van der Waals surface area contributed by atoms with Crippen molar-refractivity contribution in [2.45, 2.75) is 0 Å². The molecule has 6 aromatic carbocycles. The predicted molar refractivity (Wildman–Crippen MR) is 166 cm³/mol. The molecule has 0 aliphatic carbocycles. The Balaban J connectivity index is 1.29. The minimum absolute atomic E-state index is 0.924. The van der Waals surface area contributed by atoms with Gasteiger partial charge >= 0.3 is 0 Å². The first-order valence-corrected chi connectivity index (χ1v) is 14.0. The van der Waals surface area contributed by atoms with Gasteiger partial charge in [-0.25, -0.2) is 0 Å². The van der Waals surface area contributed by atoms with E-state index in [4.69, 9.17) is 4.42 Å². The third kappa shape index (κ3) is 2.96. The summed E-state index contributed by atoms with van der Waals surface area (Å²) in [5.74, 6) is 0. The second kappa shape index (κ2) is 7.83. The first-order chi connectivity index (χ1) is 19.3. The second-order valence-electron chi connectivity index (χ2n) is 10.2. The summed E-state index contributed by atoms with van der Waals surface area (Å²) in [6.45, 7) is 0. The zero-order chi connectivity index (χ0) is 25.5. The van der Waals surface area contributed by atoms with Crippen molar-refractivity contribution in [1.29, 1.82) is 0 Å². The standard InChI is InChI=1S/C36H21NOS/c1-2-9-25(10-3-1)37-30-13-7-6-12-27(30)36-35(37)29-20-23(16-19-33(29)39-36)24-14-17-28-32(21-24)38-31-18-15-22-8-4-5-11-26(22)34(28)31/h1-21H. The monoisotopic (exact) mass is 515 g/mol. The lowest BCUT2D eigenvalue weighted by Gasteiger charge is -2.08. The summed E-state index contributed by atoms with van der Waals surface area (Å²) >= 11 is 1.88. The maximum Gasteiger partial charge on any atom is 0.136 e. The van der Waals surface area contributed by atoms with Gasteiger partial charge in [-0.3, -0.25) is 0 Å². The van der Waals surface area contributed by atoms with Crippen molar-refractivity contribution in [1.82, 2.24) is 4.57 Å². The Morgan fingerprint density at radius 3 is 2.23 bits per heavy atom. The molecule has 0 aliphatic rings. The third-order valence-electron chi connectivity index (χ3n) is 7.98. The SMILES string of the molecule is c1ccc(-n2c3ccccc3c3sc4ccc(-c5ccc6c(c5)oc5ccc7ccccc7c56)cc4c32)cc1. The Bertz CT molecular complexity index is 2390. The molecular formula is C36H21NOS. The van der Waals surface area contributed by atoms with Crippen LogP contribution >= 0.6 is 11.3 Å². The van der Waals surface area contributed by atoms with Gasteiger partial charge in [0.25, 0.3) is 0 Å². The fraction of sp³-hybridized carbons (Fsp3) is 0. The Hall–Kier alpha value is -4.86. The molecule has 2 nitrogen and oxygen atoms in total. The number of para-hydroxylation sites is 2. The molecule has 0 amide bonds. The van der Waals surface area contributed by atoms with Gasteiger partial charge in [0.2, 0.25) is 0 Å². The Labute approximate surface area is 227 Å². The van der Waals surface area contributed by atoms with Crippen LogP contribution in [0.25, 0.3) is 80.7 Å². The van der Waals surface area contributed by atoms with E-state index >= 15 is 0 Å². The van der Waals surface area contributed by atoms with Crippen LogP contribution in [-0.2, 0) is 0 Å². The zero-order valence-corrected chi connectivity index (χ0v) is 21.7. The molecule has 9 aromatic rings. The second-order valence-corrected chi connectivity index (χ2v) is 11.2. The van der Waals surface area contributed by atoms with E-state index in [1.54, 1.807) is 0 Å². The molecule has 0 radical (unpaired) electrons. The maximum atomic E-state index is 6.38. The molecule has 3 heteroatoms. The van der Waals surface area contributed by atoms with E-state index in [0.717, 1.165) is 22.1 Å². The number of benzene rings is 6. The molecule has 0 aliphatic heterocycles. The van der Waals surface area contributed by atoms with Crippen LogP contribution in [0.2, 0.25) is 0 Å². The number of rotatable bonds is 2. The van der Waals surface area contributed by atoms with E-state index in [1.807, 2.05) is 11.3 Å². The Kier molecular flexibility index (Phi) is 4.24. The predicted octanol–water partition coefficient (Wildman–Crippen LogP) is 10.7. The zero-order valence-electron chi connectivity index (χ0n) is 20.9. The van der Waals surface area contributed by atoms with Crippen molar-refractivity contribution in [3.05, 3.63) is 127 Å². The third-order valence-corrected chi connectivity index (χ3v) is 9.18. The van der Waals surface area contributed by atoms with Crippen molar-refractivity contribution >= 4 is 75.3 Å². The van der Waals surface area contributed by atoms with Crippen molar-refractivity contribution in [3.8, 4) is 16.8 Å². The highest BCUT2D eigenvalue weighted by atomic mass is 32.1. The highest BCUT2D eigenvalue weighted by Gasteiger charge is 2.18. The normalized spacial score (nSPS) is 12.1. The minimum atomic E-state index is 0.924. The molecule has 0 saturated carbocycles. The first kappa shape index (κ1) is 21.1. The molecule has 0 atom stereocenters. The van der Waals surface area contributed by atoms with Crippen molar-refractivity contribution in [2.24, 2.45) is 0 Å². The summed E-state index contributed by atoms with van der Waals surface area (Å²) in [6.07, 6.45) is 0. The average Bonchev–Trinajstić information content (AvgIpc) is 3.65. The van der Waals surface area contributed by atoms with Crippen LogP contribution in [0, 0.1) is 0 Å². The number of hydrogen-bond acceptors (Lipinski definition) is 2. The van der Waals surface area contributed by atoms with E-state index in [2.05, 4.69) is 132 Å². The van der Waals surface area contributed by atoms with Gasteiger partial charge in [0.1, 0.15) is 11.2 Å². The van der Waals surface area contributed by atoms with Crippen LogP contribution in [-0.4, -0.2) is 4.57 Å². The quantitative estimate of drug-likeness (QED) is 0.224. The van der Waals surface area contributed by atoms with Gasteiger partial charge in [-0.1, -0.05) is 78.9 Å². The van der Waals surface area contributed by atoms with Gasteiger partial charge in [-0.05, 0) is 70.4 Å². The highest BCUT2D eigenvalue weighted by molar-refractivity contribution is 7.26. The molecule has 9 rings (SSSR count). The molecule has 3 aromatic heterocycles. The van der Waals surface area contributed by atoms with Crippen LogP contribution in [0.4, 0.5) is 0 Å². The summed E-state index contributed by atoms with van der Waals surface area (Å²) in [5, 5.41) is 7.40. The van der Waals surface area contributed by atoms with Crippen molar-refractivity contribution in [2.75, 3.05) is 0 Å². The molecule has 3 heterocycles. The van der Waals surface area contributed by atoms with Gasteiger partial charge in [-0.15, -0.1) is 11.3 Å². The topological polar surface area (TPSA) is 18.1 Å². The molecule has 0 saturated heterocycles. The summed E-state index contributed by atoms with van der Waals surface area (Å²) < 4.78 is 11.4. The molecule has 0 N–H and O–H groups in total. The van der Waals surface area contributed by atoms with E-state index in [9.17, 15) is 0 Å². The molecule has 182 valence electrons. The summed E-state index contributed by atoms with van der Waals surface area (Å²) in [6, 6.07) is 45.7.